The second-order valence-corrected chi connectivity index (χ2v) is 4.35. The average molecular weight is 228 g/mol. The van der Waals surface area contributed by atoms with Crippen LogP contribution in [0.25, 0.3) is 11.3 Å². The lowest BCUT2D eigenvalue weighted by molar-refractivity contribution is -0.138. The number of carboxylic acid groups (broad SMARTS) is 1. The van der Waals surface area contributed by atoms with Crippen molar-refractivity contribution in [2.75, 3.05) is 0 Å². The van der Waals surface area contributed by atoms with Crippen molar-refractivity contribution >= 4 is 5.97 Å². The van der Waals surface area contributed by atoms with Crippen molar-refractivity contribution < 1.29 is 14.3 Å². The van der Waals surface area contributed by atoms with Crippen molar-refractivity contribution in [3.63, 3.8) is 0 Å². The molecule has 1 fully saturated rings. The Kier molecular flexibility index (Phi) is 2.25. The van der Waals surface area contributed by atoms with Crippen LogP contribution in [-0.4, -0.2) is 11.1 Å². The summed E-state index contributed by atoms with van der Waals surface area (Å²) in [6.45, 7) is 0. The first-order valence-corrected chi connectivity index (χ1v) is 5.63. The molecular formula is C14H12O3. The highest BCUT2D eigenvalue weighted by Crippen LogP contribution is 2.48. The molecule has 1 aliphatic rings. The molecule has 1 aromatic heterocycles. The van der Waals surface area contributed by atoms with Crippen molar-refractivity contribution in [3.8, 4) is 11.3 Å². The number of hydrogen-bond donors (Lipinski definition) is 1. The van der Waals surface area contributed by atoms with Gasteiger partial charge in [0.15, 0.2) is 0 Å². The van der Waals surface area contributed by atoms with Crippen LogP contribution < -0.4 is 0 Å². The number of benzene rings is 1. The van der Waals surface area contributed by atoms with Gasteiger partial charge in [0.1, 0.15) is 11.5 Å². The van der Waals surface area contributed by atoms with Gasteiger partial charge < -0.3 is 9.52 Å². The highest BCUT2D eigenvalue weighted by Gasteiger charge is 2.46. The van der Waals surface area contributed by atoms with Crippen LogP contribution in [0, 0.1) is 5.92 Å². The van der Waals surface area contributed by atoms with Gasteiger partial charge in [-0.1, -0.05) is 30.3 Å². The summed E-state index contributed by atoms with van der Waals surface area (Å²) in [5, 5.41) is 8.87. The number of carbonyl (C=O) groups is 1. The lowest BCUT2D eigenvalue weighted by Gasteiger charge is -1.96. The fraction of sp³-hybridized carbons (Fsp3) is 0.214. The molecule has 1 N–H and O–H groups in total. The third kappa shape index (κ3) is 1.84. The molecule has 0 radical (unpaired) electrons. The Morgan fingerprint density at radius 2 is 1.94 bits per heavy atom. The molecule has 3 rings (SSSR count). The van der Waals surface area contributed by atoms with Crippen LogP contribution >= 0.6 is 0 Å². The second kappa shape index (κ2) is 3.77. The van der Waals surface area contributed by atoms with E-state index in [4.69, 9.17) is 9.52 Å². The Labute approximate surface area is 98.7 Å². The molecule has 3 heteroatoms. The number of carboxylic acids is 1. The van der Waals surface area contributed by atoms with E-state index in [0.717, 1.165) is 17.1 Å². The predicted molar refractivity (Wildman–Crippen MR) is 62.6 cm³/mol. The summed E-state index contributed by atoms with van der Waals surface area (Å²) in [5.74, 6) is 0.662. The average Bonchev–Trinajstić information content (AvgIpc) is 3.01. The van der Waals surface area contributed by atoms with Gasteiger partial charge in [0.2, 0.25) is 0 Å². The van der Waals surface area contributed by atoms with Crippen LogP contribution in [0.15, 0.2) is 46.9 Å². The maximum Gasteiger partial charge on any atom is 0.307 e. The fourth-order valence-electron chi connectivity index (χ4n) is 2.09. The van der Waals surface area contributed by atoms with Gasteiger partial charge in [-0.3, -0.25) is 4.79 Å². The molecule has 1 saturated carbocycles. The molecule has 0 unspecified atom stereocenters. The predicted octanol–water partition coefficient (Wildman–Crippen LogP) is 3.13. The normalized spacial score (nSPS) is 22.4. The Morgan fingerprint density at radius 3 is 2.59 bits per heavy atom. The quantitative estimate of drug-likeness (QED) is 0.878. The molecule has 0 aliphatic heterocycles. The summed E-state index contributed by atoms with van der Waals surface area (Å²) in [4.78, 5) is 10.8. The fourth-order valence-corrected chi connectivity index (χ4v) is 2.09. The monoisotopic (exact) mass is 228 g/mol. The van der Waals surface area contributed by atoms with Gasteiger partial charge in [-0.15, -0.1) is 0 Å². The maximum absolute atomic E-state index is 10.8. The summed E-state index contributed by atoms with van der Waals surface area (Å²) in [6, 6.07) is 13.6. The third-order valence-electron chi connectivity index (χ3n) is 3.16. The van der Waals surface area contributed by atoms with E-state index in [1.54, 1.807) is 0 Å². The summed E-state index contributed by atoms with van der Waals surface area (Å²) in [7, 11) is 0. The van der Waals surface area contributed by atoms with Crippen molar-refractivity contribution in [3.05, 3.63) is 48.2 Å². The van der Waals surface area contributed by atoms with E-state index in [1.165, 1.54) is 0 Å². The van der Waals surface area contributed by atoms with Crippen LogP contribution in [0.1, 0.15) is 18.1 Å². The minimum absolute atomic E-state index is 0.0602. The van der Waals surface area contributed by atoms with Crippen molar-refractivity contribution in [2.45, 2.75) is 12.3 Å². The molecule has 86 valence electrons. The zero-order chi connectivity index (χ0) is 11.8. The zero-order valence-electron chi connectivity index (χ0n) is 9.17. The number of hydrogen-bond acceptors (Lipinski definition) is 2. The number of aliphatic carboxylic acids is 1. The van der Waals surface area contributed by atoms with E-state index in [0.29, 0.717) is 6.42 Å². The van der Waals surface area contributed by atoms with Crippen LogP contribution in [0.2, 0.25) is 0 Å². The van der Waals surface area contributed by atoms with Gasteiger partial charge in [0.25, 0.3) is 0 Å². The Balaban J connectivity index is 1.83. The zero-order valence-corrected chi connectivity index (χ0v) is 9.17. The molecule has 3 nitrogen and oxygen atoms in total. The van der Waals surface area contributed by atoms with Crippen LogP contribution in [0.4, 0.5) is 0 Å². The summed E-state index contributed by atoms with van der Waals surface area (Å²) < 4.78 is 5.71. The maximum atomic E-state index is 10.8. The van der Waals surface area contributed by atoms with Crippen molar-refractivity contribution in [1.82, 2.24) is 0 Å². The van der Waals surface area contributed by atoms with Crippen molar-refractivity contribution in [1.29, 1.82) is 0 Å². The topological polar surface area (TPSA) is 50.4 Å². The highest BCUT2D eigenvalue weighted by molar-refractivity contribution is 5.75. The summed E-state index contributed by atoms with van der Waals surface area (Å²) in [5.41, 5.74) is 1.02. The second-order valence-electron chi connectivity index (χ2n) is 4.35. The van der Waals surface area contributed by atoms with Gasteiger partial charge >= 0.3 is 5.97 Å². The van der Waals surface area contributed by atoms with E-state index in [9.17, 15) is 4.79 Å². The summed E-state index contributed by atoms with van der Waals surface area (Å²) in [6.07, 6.45) is 0.692. The minimum atomic E-state index is -0.729. The number of furan rings is 1. The molecule has 0 saturated heterocycles. The first-order chi connectivity index (χ1) is 8.25. The van der Waals surface area contributed by atoms with Gasteiger partial charge in [-0.05, 0) is 18.6 Å². The SMILES string of the molecule is O=C(O)[C@@H]1C[C@@H]1c1ccc(-c2ccccc2)o1. The Hall–Kier alpha value is -2.03. The first-order valence-electron chi connectivity index (χ1n) is 5.63. The van der Waals surface area contributed by atoms with E-state index in [1.807, 2.05) is 42.5 Å². The molecule has 0 bridgehead atoms. The van der Waals surface area contributed by atoms with Gasteiger partial charge in [0, 0.05) is 11.5 Å². The largest absolute Gasteiger partial charge is 0.481 e. The third-order valence-corrected chi connectivity index (χ3v) is 3.16. The van der Waals surface area contributed by atoms with Crippen molar-refractivity contribution in [2.24, 2.45) is 5.92 Å². The van der Waals surface area contributed by atoms with Gasteiger partial charge in [0.05, 0.1) is 5.92 Å². The van der Waals surface area contributed by atoms with Gasteiger partial charge in [-0.2, -0.15) is 0 Å². The van der Waals surface area contributed by atoms with Crippen LogP contribution in [-0.2, 0) is 4.79 Å². The molecule has 2 atom stereocenters. The number of rotatable bonds is 3. The Morgan fingerprint density at radius 1 is 1.18 bits per heavy atom. The molecular weight excluding hydrogens is 216 g/mol. The van der Waals surface area contributed by atoms with Gasteiger partial charge in [-0.25, -0.2) is 0 Å². The molecule has 1 aliphatic carbocycles. The lowest BCUT2D eigenvalue weighted by atomic mass is 10.2. The molecule has 2 aromatic rings. The Bertz CT molecular complexity index is 542. The van der Waals surface area contributed by atoms with E-state index < -0.39 is 5.97 Å². The standard InChI is InChI=1S/C14H12O3/c15-14(16)11-8-10(11)13-7-6-12(17-13)9-4-2-1-3-5-9/h1-7,10-11H,8H2,(H,15,16)/t10-,11+/m0/s1. The molecule has 17 heavy (non-hydrogen) atoms. The van der Waals surface area contributed by atoms with Crippen LogP contribution in [0.5, 0.6) is 0 Å². The van der Waals surface area contributed by atoms with E-state index in [2.05, 4.69) is 0 Å². The van der Waals surface area contributed by atoms with Crippen LogP contribution in [0.3, 0.4) is 0 Å². The smallest absolute Gasteiger partial charge is 0.307 e. The molecule has 1 aromatic carbocycles. The first kappa shape index (κ1) is 10.1. The highest BCUT2D eigenvalue weighted by atomic mass is 16.4. The molecule has 0 amide bonds. The molecule has 1 heterocycles. The van der Waals surface area contributed by atoms with E-state index in [-0.39, 0.29) is 11.8 Å². The lowest BCUT2D eigenvalue weighted by Crippen LogP contribution is -1.98. The molecule has 0 spiro atoms. The van der Waals surface area contributed by atoms with E-state index >= 15 is 0 Å². The summed E-state index contributed by atoms with van der Waals surface area (Å²) >= 11 is 0. The minimum Gasteiger partial charge on any atom is -0.481 e.